The van der Waals surface area contributed by atoms with E-state index in [1.165, 1.54) is 87.8 Å². The van der Waals surface area contributed by atoms with Crippen LogP contribution in [-0.4, -0.2) is 97.1 Å². The molecule has 0 atom stereocenters. The molecule has 0 saturated heterocycles. The molecule has 0 aliphatic rings. The van der Waals surface area contributed by atoms with E-state index >= 15 is 0 Å². The fraction of sp³-hybridized carbons (Fsp3) is 0.516. The van der Waals surface area contributed by atoms with Crippen molar-refractivity contribution in [3.05, 3.63) is 65.2 Å². The first-order valence-corrected chi connectivity index (χ1v) is 17.8. The van der Waals surface area contributed by atoms with E-state index in [1.54, 1.807) is 0 Å². The molecule has 0 saturated carbocycles. The van der Waals surface area contributed by atoms with Gasteiger partial charge in [0.05, 0.1) is 9.79 Å². The third-order valence-electron chi connectivity index (χ3n) is 7.04. The molecule has 0 spiro atoms. The lowest BCUT2D eigenvalue weighted by molar-refractivity contribution is -0.124. The summed E-state index contributed by atoms with van der Waals surface area (Å²) in [7, 11) is -8.65. The van der Waals surface area contributed by atoms with E-state index in [0.717, 1.165) is 0 Å². The van der Waals surface area contributed by atoms with E-state index < -0.39 is 37.5 Å². The second kappa shape index (κ2) is 21.6. The summed E-state index contributed by atoms with van der Waals surface area (Å²) in [6.07, 6.45) is -0.0409. The Bertz CT molecular complexity index is 1330. The highest BCUT2D eigenvalue weighted by atomic mass is 32.2. The molecule has 14 heteroatoms. The van der Waals surface area contributed by atoms with Crippen LogP contribution in [-0.2, 0) is 42.7 Å². The number of hydrogen-bond donors (Lipinski definition) is 2. The molecule has 12 nitrogen and oxygen atoms in total. The zero-order valence-corrected chi connectivity index (χ0v) is 28.8. The molecule has 0 unspecified atom stereocenters. The molecule has 0 fully saturated rings. The van der Waals surface area contributed by atoms with Gasteiger partial charge in [0.15, 0.2) is 0 Å². The van der Waals surface area contributed by atoms with E-state index in [2.05, 4.69) is 56.1 Å². The lowest BCUT2D eigenvalue weighted by Gasteiger charge is -2.13. The van der Waals surface area contributed by atoms with Crippen LogP contribution in [0.2, 0.25) is 0 Å². The molecular weight excluding hydrogens is 620 g/mol. The average molecular weight is 669 g/mol. The maximum Gasteiger partial charge on any atom is 0.400 e. The Labute approximate surface area is 268 Å². The van der Waals surface area contributed by atoms with Crippen LogP contribution in [0.5, 0.6) is 0 Å². The highest BCUT2D eigenvalue weighted by Crippen LogP contribution is 2.13. The van der Waals surface area contributed by atoms with Gasteiger partial charge >= 0.3 is 5.71 Å². The van der Waals surface area contributed by atoms with Gasteiger partial charge < -0.3 is 15.3 Å². The molecule has 0 aliphatic carbocycles. The van der Waals surface area contributed by atoms with Crippen LogP contribution in [0.25, 0.3) is 5.53 Å². The van der Waals surface area contributed by atoms with Crippen molar-refractivity contribution in [1.82, 2.24) is 9.80 Å². The molecule has 252 valence electrons. The standard InChI is InChI=1S/C19H18N2O8S2.2C6H15N/c20-21-19(17(22)11-5-13-1-7-15(8-2-13)30(24,25)26)18(23)12-6-14-3-9-16(10-4-14)31(27,28)29;2*1-4-7(5-2)6-3/h1-4,7-10H,5-6,11-12H2,(H,24,25,26)(H,27,28,29);2*4-6H2,1-3H3. The van der Waals surface area contributed by atoms with Gasteiger partial charge in [0.1, 0.15) is 0 Å². The van der Waals surface area contributed by atoms with Crippen LogP contribution in [0.1, 0.15) is 65.5 Å². The van der Waals surface area contributed by atoms with E-state index in [0.29, 0.717) is 11.1 Å². The van der Waals surface area contributed by atoms with Crippen LogP contribution in [0.15, 0.2) is 58.3 Å². The molecule has 45 heavy (non-hydrogen) atoms. The minimum Gasteiger partial charge on any atom is -0.360 e. The molecule has 0 radical (unpaired) electrons. The second-order valence-corrected chi connectivity index (χ2v) is 12.6. The van der Waals surface area contributed by atoms with Crippen LogP contribution in [0, 0.1) is 0 Å². The number of hydrogen-bond acceptors (Lipinski definition) is 8. The Hall–Kier alpha value is -3.10. The monoisotopic (exact) mass is 668 g/mol. The van der Waals surface area contributed by atoms with Crippen LogP contribution >= 0.6 is 0 Å². The van der Waals surface area contributed by atoms with Gasteiger partial charge in [-0.1, -0.05) is 65.8 Å². The van der Waals surface area contributed by atoms with Gasteiger partial charge in [0, 0.05) is 12.8 Å². The van der Waals surface area contributed by atoms with Crippen LogP contribution in [0.4, 0.5) is 0 Å². The molecule has 2 aromatic carbocycles. The highest BCUT2D eigenvalue weighted by molar-refractivity contribution is 7.86. The Balaban J connectivity index is 0.00000114. The van der Waals surface area contributed by atoms with Gasteiger partial charge in [-0.05, 0) is 87.5 Å². The second-order valence-electron chi connectivity index (χ2n) is 9.77. The number of ketones is 2. The zero-order chi connectivity index (χ0) is 34.6. The molecule has 0 bridgehead atoms. The Morgan fingerprint density at radius 1 is 0.600 bits per heavy atom. The number of carbonyl (C=O) groups excluding carboxylic acids is 2. The fourth-order valence-electron chi connectivity index (χ4n) is 4.02. The first kappa shape index (κ1) is 41.9. The Morgan fingerprint density at radius 3 is 1.04 bits per heavy atom. The Kier molecular flexibility index (Phi) is 20.1. The lowest BCUT2D eigenvalue weighted by Crippen LogP contribution is -2.26. The van der Waals surface area contributed by atoms with Gasteiger partial charge in [-0.15, -0.1) is 0 Å². The third kappa shape index (κ3) is 16.7. The highest BCUT2D eigenvalue weighted by Gasteiger charge is 2.28. The molecule has 0 heterocycles. The topological polar surface area (TPSA) is 186 Å². The molecule has 0 aliphatic heterocycles. The average Bonchev–Trinajstić information content (AvgIpc) is 3.01. The minimum absolute atomic E-state index is 0.147. The third-order valence-corrected chi connectivity index (χ3v) is 8.77. The molecule has 0 aromatic heterocycles. The fourth-order valence-corrected chi connectivity index (χ4v) is 4.98. The van der Waals surface area contributed by atoms with E-state index in [9.17, 15) is 26.4 Å². The lowest BCUT2D eigenvalue weighted by atomic mass is 9.99. The zero-order valence-electron chi connectivity index (χ0n) is 27.1. The smallest absolute Gasteiger partial charge is 0.360 e. The van der Waals surface area contributed by atoms with Crippen molar-refractivity contribution in [2.75, 3.05) is 39.3 Å². The number of nitrogens with zero attached hydrogens (tertiary/aromatic N) is 4. The summed E-state index contributed by atoms with van der Waals surface area (Å²) in [4.78, 5) is 31.4. The number of benzene rings is 2. The largest absolute Gasteiger partial charge is 0.400 e. The van der Waals surface area contributed by atoms with Crippen molar-refractivity contribution in [3.63, 3.8) is 0 Å². The summed E-state index contributed by atoms with van der Waals surface area (Å²) >= 11 is 0. The van der Waals surface area contributed by atoms with Crippen molar-refractivity contribution in [2.24, 2.45) is 0 Å². The summed E-state index contributed by atoms with van der Waals surface area (Å²) in [6, 6.07) is 10.3. The summed E-state index contributed by atoms with van der Waals surface area (Å²) in [5.41, 5.74) is 9.60. The van der Waals surface area contributed by atoms with E-state index in [-0.39, 0.29) is 35.5 Å². The molecule has 2 rings (SSSR count). The van der Waals surface area contributed by atoms with Gasteiger partial charge in [0.2, 0.25) is 11.6 Å². The van der Waals surface area contributed by atoms with Crippen LogP contribution < -0.4 is 0 Å². The quantitative estimate of drug-likeness (QED) is 0.0861. The summed E-state index contributed by atoms with van der Waals surface area (Å²) < 4.78 is 62.0. The SMILES string of the molecule is CCN(CC)CC.CCN(CC)CC.[N-]=[N+]=C(C(=O)CCc1ccc(S(=O)(=O)O)cc1)C(=O)CCc1ccc(S(=O)(=O)O)cc1. The molecule has 0 amide bonds. The van der Waals surface area contributed by atoms with Gasteiger partial charge in [-0.2, -0.15) is 21.6 Å². The predicted octanol–water partition coefficient (Wildman–Crippen LogP) is 4.25. The first-order valence-electron chi connectivity index (χ1n) is 15.0. The Morgan fingerprint density at radius 2 is 0.867 bits per heavy atom. The van der Waals surface area contributed by atoms with Gasteiger partial charge in [-0.25, -0.2) is 0 Å². The van der Waals surface area contributed by atoms with Crippen molar-refractivity contribution >= 4 is 37.5 Å². The minimum atomic E-state index is -4.32. The summed E-state index contributed by atoms with van der Waals surface area (Å²) in [5, 5.41) is 0. The van der Waals surface area contributed by atoms with Gasteiger partial charge in [0.25, 0.3) is 20.2 Å². The van der Waals surface area contributed by atoms with Crippen LogP contribution in [0.3, 0.4) is 0 Å². The number of carbonyl (C=O) groups is 2. The number of rotatable bonds is 16. The molecule has 2 N–H and O–H groups in total. The van der Waals surface area contributed by atoms with E-state index in [1.807, 2.05) is 0 Å². The van der Waals surface area contributed by atoms with Crippen molar-refractivity contribution in [1.29, 1.82) is 0 Å². The number of aryl methyl sites for hydroxylation is 2. The summed E-state index contributed by atoms with van der Waals surface area (Å²) in [5.74, 6) is -1.40. The summed E-state index contributed by atoms with van der Waals surface area (Å²) in [6.45, 7) is 20.2. The molecular formula is C31H48N4O8S2. The first-order chi connectivity index (χ1) is 21.1. The van der Waals surface area contributed by atoms with E-state index in [4.69, 9.17) is 14.6 Å². The molecule has 2 aromatic rings. The maximum absolute atomic E-state index is 12.2. The number of Topliss-reactive ketones (excluding diaryl/α,β-unsaturated/α-hetero) is 2. The normalized spacial score (nSPS) is 11.2. The maximum atomic E-state index is 12.2. The van der Waals surface area contributed by atoms with Crippen molar-refractivity contribution in [2.45, 2.75) is 77.0 Å². The van der Waals surface area contributed by atoms with Crippen molar-refractivity contribution < 1.29 is 40.3 Å². The van der Waals surface area contributed by atoms with Crippen molar-refractivity contribution in [3.8, 4) is 0 Å². The van der Waals surface area contributed by atoms with Gasteiger partial charge in [-0.3, -0.25) is 18.7 Å². The predicted molar refractivity (Wildman–Crippen MR) is 175 cm³/mol.